The number of benzene rings is 2. The van der Waals surface area contributed by atoms with Crippen molar-refractivity contribution in [1.82, 2.24) is 4.98 Å². The van der Waals surface area contributed by atoms with Crippen molar-refractivity contribution in [2.75, 3.05) is 0 Å². The van der Waals surface area contributed by atoms with Gasteiger partial charge in [0.2, 0.25) is 0 Å². The molecule has 3 aromatic rings. The number of alkyl halides is 1. The molecule has 1 heterocycles. The molecule has 1 aromatic heterocycles. The summed E-state index contributed by atoms with van der Waals surface area (Å²) >= 11 is 12.1. The third-order valence-electron chi connectivity index (χ3n) is 3.49. The van der Waals surface area contributed by atoms with E-state index in [1.807, 2.05) is 55.5 Å². The van der Waals surface area contributed by atoms with Gasteiger partial charge in [-0.2, -0.15) is 0 Å². The van der Waals surface area contributed by atoms with Crippen LogP contribution in [-0.2, 0) is 0 Å². The molecular weight excluding hydrogens is 313 g/mol. The molecule has 1 nitrogen and oxygen atoms in total. The zero-order valence-corrected chi connectivity index (χ0v) is 13.6. The molecule has 0 bridgehead atoms. The zero-order chi connectivity index (χ0) is 15.5. The van der Waals surface area contributed by atoms with Crippen LogP contribution in [-0.4, -0.2) is 4.98 Å². The molecule has 22 heavy (non-hydrogen) atoms. The van der Waals surface area contributed by atoms with Crippen LogP contribution in [0.2, 0.25) is 5.02 Å². The van der Waals surface area contributed by atoms with E-state index < -0.39 is 0 Å². The van der Waals surface area contributed by atoms with Gasteiger partial charge in [-0.3, -0.25) is 0 Å². The van der Waals surface area contributed by atoms with Crippen LogP contribution in [0, 0.1) is 0 Å². The van der Waals surface area contributed by atoms with Gasteiger partial charge >= 0.3 is 0 Å². The molecule has 0 aliphatic rings. The first-order valence-corrected chi connectivity index (χ1v) is 7.92. The lowest BCUT2D eigenvalue weighted by molar-refractivity contribution is 1.08. The van der Waals surface area contributed by atoms with E-state index in [-0.39, 0.29) is 5.38 Å². The molecule has 3 rings (SSSR count). The Kier molecular flexibility index (Phi) is 4.47. The average Bonchev–Trinajstić information content (AvgIpc) is 2.52. The smallest absolute Gasteiger partial charge is 0.0724 e. The van der Waals surface area contributed by atoms with Crippen LogP contribution in [0.5, 0.6) is 0 Å². The van der Waals surface area contributed by atoms with E-state index in [9.17, 15) is 0 Å². The van der Waals surface area contributed by atoms with Crippen molar-refractivity contribution in [3.8, 4) is 0 Å². The second-order valence-corrected chi connectivity index (χ2v) is 6.28. The number of pyridine rings is 1. The lowest BCUT2D eigenvalue weighted by atomic mass is 10.1. The quantitative estimate of drug-likeness (QED) is 0.510. The van der Waals surface area contributed by atoms with Gasteiger partial charge < -0.3 is 0 Å². The average molecular weight is 328 g/mol. The van der Waals surface area contributed by atoms with E-state index in [1.54, 1.807) is 0 Å². The molecule has 1 unspecified atom stereocenters. The molecular formula is C19H15Cl2N. The fraction of sp³-hybridized carbons (Fsp3) is 0.105. The van der Waals surface area contributed by atoms with Crippen LogP contribution in [0.3, 0.4) is 0 Å². The predicted octanol–water partition coefficient (Wildman–Crippen LogP) is 6.36. The number of aromatic nitrogens is 1. The summed E-state index contributed by atoms with van der Waals surface area (Å²) in [6.07, 6.45) is 4.04. The van der Waals surface area contributed by atoms with Gasteiger partial charge in [-0.1, -0.05) is 54.1 Å². The van der Waals surface area contributed by atoms with Crippen molar-refractivity contribution in [2.24, 2.45) is 0 Å². The van der Waals surface area contributed by atoms with Crippen molar-refractivity contribution >= 4 is 46.3 Å². The molecule has 0 saturated heterocycles. The summed E-state index contributed by atoms with van der Waals surface area (Å²) in [6, 6.07) is 18.0. The molecule has 0 radical (unpaired) electrons. The highest BCUT2D eigenvalue weighted by Crippen LogP contribution is 2.22. The maximum Gasteiger partial charge on any atom is 0.0724 e. The summed E-state index contributed by atoms with van der Waals surface area (Å²) < 4.78 is 0. The first kappa shape index (κ1) is 15.1. The molecule has 0 aliphatic heterocycles. The van der Waals surface area contributed by atoms with E-state index in [2.05, 4.69) is 23.2 Å². The Balaban J connectivity index is 1.90. The summed E-state index contributed by atoms with van der Waals surface area (Å²) in [7, 11) is 0. The summed E-state index contributed by atoms with van der Waals surface area (Å²) in [5.74, 6) is 0. The molecule has 3 heteroatoms. The number of rotatable bonds is 3. The third kappa shape index (κ3) is 3.49. The second kappa shape index (κ2) is 6.51. The summed E-state index contributed by atoms with van der Waals surface area (Å²) in [4.78, 5) is 4.61. The van der Waals surface area contributed by atoms with Crippen molar-refractivity contribution in [2.45, 2.75) is 12.3 Å². The molecule has 0 amide bonds. The highest BCUT2D eigenvalue weighted by atomic mass is 35.5. The molecule has 2 aromatic carbocycles. The topological polar surface area (TPSA) is 12.9 Å². The number of halogens is 2. The molecule has 0 aliphatic carbocycles. The minimum atomic E-state index is 0.00860. The van der Waals surface area contributed by atoms with Gasteiger partial charge in [0.15, 0.2) is 0 Å². The van der Waals surface area contributed by atoms with Crippen molar-refractivity contribution < 1.29 is 0 Å². The Morgan fingerprint density at radius 2 is 1.82 bits per heavy atom. The van der Waals surface area contributed by atoms with Crippen LogP contribution in [0.15, 0.2) is 54.6 Å². The van der Waals surface area contributed by atoms with Crippen molar-refractivity contribution in [3.63, 3.8) is 0 Å². The monoisotopic (exact) mass is 327 g/mol. The number of fused-ring (bicyclic) bond motifs is 1. The Labute approximate surface area is 140 Å². The number of nitrogens with zero attached hydrogens (tertiary/aromatic N) is 1. The summed E-state index contributed by atoms with van der Waals surface area (Å²) in [5, 5.41) is 1.79. The van der Waals surface area contributed by atoms with Gasteiger partial charge in [0.05, 0.1) is 16.6 Å². The Hall–Kier alpha value is -1.83. The van der Waals surface area contributed by atoms with E-state index in [4.69, 9.17) is 23.2 Å². The molecule has 0 N–H and O–H groups in total. The van der Waals surface area contributed by atoms with E-state index in [0.29, 0.717) is 5.02 Å². The number of hydrogen-bond acceptors (Lipinski definition) is 1. The SMILES string of the molecule is CC(Cl)c1cccc(C=Cc2ccc3ccc(Cl)cc3n2)c1. The zero-order valence-electron chi connectivity index (χ0n) is 12.1. The van der Waals surface area contributed by atoms with Gasteiger partial charge in [0, 0.05) is 10.4 Å². The fourth-order valence-electron chi connectivity index (χ4n) is 2.29. The maximum absolute atomic E-state index is 6.12. The van der Waals surface area contributed by atoms with Gasteiger partial charge in [-0.25, -0.2) is 4.98 Å². The number of hydrogen-bond donors (Lipinski definition) is 0. The standard InChI is InChI=1S/C19H15Cl2N/c1-13(20)16-4-2-3-14(11-16)5-9-18-10-7-15-6-8-17(21)12-19(15)22-18/h2-13H,1H3. The Bertz CT molecular complexity index is 838. The van der Waals surface area contributed by atoms with Crippen LogP contribution in [0.1, 0.15) is 29.1 Å². The largest absolute Gasteiger partial charge is 0.248 e. The van der Waals surface area contributed by atoms with E-state index in [1.165, 1.54) is 0 Å². The molecule has 1 atom stereocenters. The molecule has 0 spiro atoms. The van der Waals surface area contributed by atoms with E-state index in [0.717, 1.165) is 27.7 Å². The first-order valence-electron chi connectivity index (χ1n) is 7.10. The first-order chi connectivity index (χ1) is 10.6. The van der Waals surface area contributed by atoms with Gasteiger partial charge in [0.25, 0.3) is 0 Å². The molecule has 0 fully saturated rings. The maximum atomic E-state index is 6.12. The van der Waals surface area contributed by atoms with Crippen molar-refractivity contribution in [1.29, 1.82) is 0 Å². The summed E-state index contributed by atoms with van der Waals surface area (Å²) in [6.45, 7) is 1.97. The van der Waals surface area contributed by atoms with Crippen LogP contribution < -0.4 is 0 Å². The van der Waals surface area contributed by atoms with Crippen molar-refractivity contribution in [3.05, 3.63) is 76.4 Å². The van der Waals surface area contributed by atoms with E-state index >= 15 is 0 Å². The van der Waals surface area contributed by atoms with Gasteiger partial charge in [-0.05, 0) is 42.3 Å². The third-order valence-corrected chi connectivity index (χ3v) is 3.98. The predicted molar refractivity (Wildman–Crippen MR) is 96.4 cm³/mol. The highest BCUT2D eigenvalue weighted by Gasteiger charge is 2.01. The summed E-state index contributed by atoms with van der Waals surface area (Å²) in [5.41, 5.74) is 4.02. The Morgan fingerprint density at radius 3 is 2.64 bits per heavy atom. The minimum Gasteiger partial charge on any atom is -0.248 e. The lowest BCUT2D eigenvalue weighted by Crippen LogP contribution is -1.85. The van der Waals surface area contributed by atoms with Crippen LogP contribution >= 0.6 is 23.2 Å². The van der Waals surface area contributed by atoms with Gasteiger partial charge in [0.1, 0.15) is 0 Å². The van der Waals surface area contributed by atoms with Gasteiger partial charge in [-0.15, -0.1) is 11.6 Å². The van der Waals surface area contributed by atoms with Crippen LogP contribution in [0.25, 0.3) is 23.1 Å². The second-order valence-electron chi connectivity index (χ2n) is 5.19. The highest BCUT2D eigenvalue weighted by molar-refractivity contribution is 6.31. The lowest BCUT2D eigenvalue weighted by Gasteiger charge is -2.04. The fourth-order valence-corrected chi connectivity index (χ4v) is 2.59. The molecule has 0 saturated carbocycles. The Morgan fingerprint density at radius 1 is 1.00 bits per heavy atom. The normalized spacial score (nSPS) is 12.9. The molecule has 110 valence electrons. The minimum absolute atomic E-state index is 0.00860. The van der Waals surface area contributed by atoms with Crippen LogP contribution in [0.4, 0.5) is 0 Å².